The number of amides is 1. The van der Waals surface area contributed by atoms with Crippen molar-refractivity contribution < 1.29 is 13.6 Å². The zero-order chi connectivity index (χ0) is 19.8. The van der Waals surface area contributed by atoms with Crippen LogP contribution in [0.4, 0.5) is 8.78 Å². The van der Waals surface area contributed by atoms with Crippen LogP contribution >= 0.6 is 0 Å². The topological polar surface area (TPSA) is 88.1 Å². The van der Waals surface area contributed by atoms with Crippen LogP contribution in [0.15, 0.2) is 42.5 Å². The highest BCUT2D eigenvalue weighted by Gasteiger charge is 2.30. The first kappa shape index (κ1) is 18.6. The molecule has 2 unspecified atom stereocenters. The van der Waals surface area contributed by atoms with Crippen molar-refractivity contribution in [3.63, 3.8) is 0 Å². The van der Waals surface area contributed by atoms with Crippen molar-refractivity contribution in [2.24, 2.45) is 11.5 Å². The molecule has 0 radical (unpaired) electrons. The number of hydrogen-bond donors (Lipinski definition) is 3. The molecule has 1 aliphatic rings. The van der Waals surface area contributed by atoms with Crippen LogP contribution in [0.2, 0.25) is 0 Å². The van der Waals surface area contributed by atoms with Gasteiger partial charge >= 0.3 is 0 Å². The number of aromatic nitrogens is 1. The lowest BCUT2D eigenvalue weighted by molar-refractivity contribution is 0.0724. The lowest BCUT2D eigenvalue weighted by Crippen LogP contribution is -2.42. The third kappa shape index (κ3) is 3.27. The summed E-state index contributed by atoms with van der Waals surface area (Å²) in [5.41, 5.74) is 15.0. The number of rotatable bonds is 5. The highest BCUT2D eigenvalue weighted by atomic mass is 19.1. The minimum Gasteiger partial charge on any atom is -0.350 e. The van der Waals surface area contributed by atoms with Crippen LogP contribution in [0.5, 0.6) is 0 Å². The molecule has 4 rings (SSSR count). The van der Waals surface area contributed by atoms with E-state index in [1.54, 1.807) is 11.0 Å². The lowest BCUT2D eigenvalue weighted by atomic mass is 9.98. The van der Waals surface area contributed by atoms with Crippen LogP contribution in [0.3, 0.4) is 0 Å². The van der Waals surface area contributed by atoms with Gasteiger partial charge < -0.3 is 21.4 Å². The maximum atomic E-state index is 13.9. The average molecular weight is 384 g/mol. The van der Waals surface area contributed by atoms with Crippen LogP contribution in [0.1, 0.15) is 22.5 Å². The smallest absolute Gasteiger partial charge is 0.271 e. The van der Waals surface area contributed by atoms with Crippen molar-refractivity contribution in [1.82, 2.24) is 9.88 Å². The number of hydrogen-bond acceptors (Lipinski definition) is 3. The number of nitrogens with two attached hydrogens (primary N) is 2. The lowest BCUT2D eigenvalue weighted by Gasteiger charge is -2.25. The van der Waals surface area contributed by atoms with Crippen molar-refractivity contribution >= 4 is 16.8 Å². The molecule has 0 fully saturated rings. The van der Waals surface area contributed by atoms with E-state index in [2.05, 4.69) is 4.98 Å². The summed E-state index contributed by atoms with van der Waals surface area (Å²) in [6.45, 7) is 0.459. The maximum Gasteiger partial charge on any atom is 0.271 e. The highest BCUT2D eigenvalue weighted by Crippen LogP contribution is 2.38. The third-order valence-electron chi connectivity index (χ3n) is 5.18. The molecule has 0 spiro atoms. The third-order valence-corrected chi connectivity index (χ3v) is 5.18. The van der Waals surface area contributed by atoms with Gasteiger partial charge in [-0.15, -0.1) is 0 Å². The van der Waals surface area contributed by atoms with E-state index in [9.17, 15) is 13.6 Å². The van der Waals surface area contributed by atoms with Gasteiger partial charge in [0, 0.05) is 42.1 Å². The monoisotopic (exact) mass is 384 g/mol. The first-order chi connectivity index (χ1) is 13.5. The van der Waals surface area contributed by atoms with E-state index in [1.807, 2.05) is 24.3 Å². The van der Waals surface area contributed by atoms with Crippen molar-refractivity contribution in [3.8, 4) is 11.1 Å². The van der Waals surface area contributed by atoms with Gasteiger partial charge in [0.05, 0.1) is 0 Å². The number of nitrogens with one attached hydrogen (secondary N) is 1. The van der Waals surface area contributed by atoms with Crippen molar-refractivity contribution in [2.75, 3.05) is 13.1 Å². The Labute approximate surface area is 161 Å². The van der Waals surface area contributed by atoms with Crippen LogP contribution in [0.25, 0.3) is 22.0 Å². The van der Waals surface area contributed by atoms with E-state index >= 15 is 0 Å². The molecule has 1 amide bonds. The number of fused-ring (bicyclic) bond motifs is 5. The van der Waals surface area contributed by atoms with E-state index in [0.29, 0.717) is 28.7 Å². The van der Waals surface area contributed by atoms with Gasteiger partial charge in [0.25, 0.3) is 5.91 Å². The van der Waals surface area contributed by atoms with Gasteiger partial charge in [-0.3, -0.25) is 4.79 Å². The Morgan fingerprint density at radius 3 is 2.79 bits per heavy atom. The van der Waals surface area contributed by atoms with E-state index in [0.717, 1.165) is 11.1 Å². The van der Waals surface area contributed by atoms with E-state index < -0.39 is 12.2 Å². The molecular formula is C21H22F2N4O. The molecule has 0 saturated heterocycles. The first-order valence-electron chi connectivity index (χ1n) is 9.26. The van der Waals surface area contributed by atoms with Gasteiger partial charge in [-0.05, 0) is 35.7 Å². The van der Waals surface area contributed by atoms with E-state index in [4.69, 9.17) is 11.5 Å². The second-order valence-corrected chi connectivity index (χ2v) is 7.24. The van der Waals surface area contributed by atoms with Gasteiger partial charge in [-0.25, -0.2) is 8.78 Å². The quantitative estimate of drug-likeness (QED) is 0.632. The summed E-state index contributed by atoms with van der Waals surface area (Å²) in [7, 11) is 0. The fourth-order valence-corrected chi connectivity index (χ4v) is 3.87. The summed E-state index contributed by atoms with van der Waals surface area (Å²) in [5.74, 6) is -0.598. The Hall–Kier alpha value is -2.77. The van der Waals surface area contributed by atoms with Crippen molar-refractivity contribution in [3.05, 3.63) is 59.5 Å². The fourth-order valence-electron chi connectivity index (χ4n) is 3.87. The molecule has 1 aliphatic heterocycles. The SMILES string of the molecule is NCC(F)CC(N)CN1Cc2ccccc2-c2c([nH]c3ccc(F)cc23)C1=O. The zero-order valence-corrected chi connectivity index (χ0v) is 15.3. The Balaban J connectivity index is 1.80. The first-order valence-corrected chi connectivity index (χ1v) is 9.26. The average Bonchev–Trinajstić information content (AvgIpc) is 3.00. The fraction of sp³-hybridized carbons (Fsp3) is 0.286. The van der Waals surface area contributed by atoms with Gasteiger partial charge in [0.2, 0.25) is 0 Å². The number of halogens is 2. The highest BCUT2D eigenvalue weighted by molar-refractivity contribution is 6.11. The van der Waals surface area contributed by atoms with E-state index in [1.165, 1.54) is 12.1 Å². The molecular weight excluding hydrogens is 362 g/mol. The Morgan fingerprint density at radius 1 is 1.21 bits per heavy atom. The van der Waals surface area contributed by atoms with Crippen molar-refractivity contribution in [1.29, 1.82) is 0 Å². The summed E-state index contributed by atoms with van der Waals surface area (Å²) in [5, 5.41) is 0.661. The minimum atomic E-state index is -1.20. The predicted molar refractivity (Wildman–Crippen MR) is 105 cm³/mol. The minimum absolute atomic E-state index is 0.0900. The molecule has 3 aromatic rings. The molecule has 0 bridgehead atoms. The zero-order valence-electron chi connectivity index (χ0n) is 15.3. The van der Waals surface area contributed by atoms with Crippen LogP contribution in [-0.4, -0.2) is 41.1 Å². The summed E-state index contributed by atoms with van der Waals surface area (Å²) >= 11 is 0. The molecule has 2 heterocycles. The number of aromatic amines is 1. The van der Waals surface area contributed by atoms with Gasteiger partial charge in [-0.2, -0.15) is 0 Å². The number of alkyl halides is 1. The van der Waals surface area contributed by atoms with Crippen LogP contribution < -0.4 is 11.5 Å². The number of nitrogens with zero attached hydrogens (tertiary/aromatic N) is 1. The predicted octanol–water partition coefficient (Wildman–Crippen LogP) is 2.94. The molecule has 5 nitrogen and oxygen atoms in total. The summed E-state index contributed by atoms with van der Waals surface area (Å²) in [6.07, 6.45) is -1.11. The molecule has 0 saturated carbocycles. The summed E-state index contributed by atoms with van der Waals surface area (Å²) in [4.78, 5) is 18.0. The Bertz CT molecular complexity index is 1030. The summed E-state index contributed by atoms with van der Waals surface area (Å²) in [6, 6.07) is 11.5. The molecule has 2 aromatic carbocycles. The molecule has 146 valence electrons. The largest absolute Gasteiger partial charge is 0.350 e. The standard InChI is InChI=1S/C21H22F2N4O/c22-13-5-6-18-17(8-13)19-16-4-2-1-3-12(16)10-27(21(28)20(19)26-18)11-15(25)7-14(23)9-24/h1-6,8,14-15,26H,7,9-11,24-25H2. The van der Waals surface area contributed by atoms with Gasteiger partial charge in [-0.1, -0.05) is 24.3 Å². The number of carbonyl (C=O) groups excluding carboxylic acids is 1. The normalized spacial score (nSPS) is 15.9. The Morgan fingerprint density at radius 2 is 2.00 bits per heavy atom. The molecule has 28 heavy (non-hydrogen) atoms. The second kappa shape index (κ2) is 7.33. The molecule has 7 heteroatoms. The Kier molecular flexibility index (Phi) is 4.87. The second-order valence-electron chi connectivity index (χ2n) is 7.24. The van der Waals surface area contributed by atoms with E-state index in [-0.39, 0.29) is 31.2 Å². The molecule has 0 aliphatic carbocycles. The van der Waals surface area contributed by atoms with Gasteiger partial charge in [0.15, 0.2) is 0 Å². The number of carbonyl (C=O) groups is 1. The number of H-pyrrole nitrogens is 1. The van der Waals surface area contributed by atoms with Crippen LogP contribution in [-0.2, 0) is 6.54 Å². The molecule has 2 atom stereocenters. The maximum absolute atomic E-state index is 13.9. The molecule has 5 N–H and O–H groups in total. The van der Waals surface area contributed by atoms with Gasteiger partial charge in [0.1, 0.15) is 17.7 Å². The van der Waals surface area contributed by atoms with Crippen molar-refractivity contribution in [2.45, 2.75) is 25.2 Å². The number of benzene rings is 2. The molecule has 1 aromatic heterocycles. The van der Waals surface area contributed by atoms with Crippen LogP contribution in [0, 0.1) is 5.82 Å². The summed E-state index contributed by atoms with van der Waals surface area (Å²) < 4.78 is 27.5.